The fourth-order valence-electron chi connectivity index (χ4n) is 2.33. The molecule has 0 aromatic rings. The van der Waals surface area contributed by atoms with E-state index in [-0.39, 0.29) is 29.8 Å². The Morgan fingerprint density at radius 1 is 1.53 bits per heavy atom. The maximum Gasteiger partial charge on any atom is 0.329 e. The van der Waals surface area contributed by atoms with Crippen LogP contribution in [-0.2, 0) is 9.36 Å². The van der Waals surface area contributed by atoms with E-state index in [0.717, 1.165) is 0 Å². The van der Waals surface area contributed by atoms with Crippen molar-refractivity contribution in [3.8, 4) is 0 Å². The zero-order chi connectivity index (χ0) is 14.6. The number of carbonyl (C=O) groups is 1. The van der Waals surface area contributed by atoms with Gasteiger partial charge in [-0.05, 0) is 37.8 Å². The molecule has 0 aromatic carbocycles. The molecule has 0 spiro atoms. The largest absolute Gasteiger partial charge is 0.329 e. The third kappa shape index (κ3) is 5.41. The fraction of sp³-hybridized carbons (Fsp3) is 0.615. The van der Waals surface area contributed by atoms with E-state index < -0.39 is 7.60 Å². The molecule has 19 heavy (non-hydrogen) atoms. The van der Waals surface area contributed by atoms with E-state index in [4.69, 9.17) is 9.79 Å². The molecular formula is C13H22NO4P. The summed E-state index contributed by atoms with van der Waals surface area (Å²) < 4.78 is 11.0. The summed E-state index contributed by atoms with van der Waals surface area (Å²) in [6.07, 6.45) is 6.07. The van der Waals surface area contributed by atoms with Crippen molar-refractivity contribution in [2.75, 3.05) is 13.2 Å². The molecule has 0 amide bonds. The van der Waals surface area contributed by atoms with Crippen LogP contribution in [0.15, 0.2) is 23.8 Å². The minimum Gasteiger partial charge on any atom is -0.324 e. The Kier molecular flexibility index (Phi) is 5.68. The van der Waals surface area contributed by atoms with Crippen molar-refractivity contribution < 1.29 is 19.1 Å². The third-order valence-corrected chi connectivity index (χ3v) is 4.22. The van der Waals surface area contributed by atoms with E-state index in [9.17, 15) is 9.36 Å². The molecular weight excluding hydrogens is 265 g/mol. The number of Topliss-reactive ketones (excluding diaryl/α,β-unsaturated/α-hetero) is 1. The molecule has 3 N–H and O–H groups in total. The van der Waals surface area contributed by atoms with Crippen molar-refractivity contribution in [3.63, 3.8) is 0 Å². The lowest BCUT2D eigenvalue weighted by molar-refractivity contribution is -0.119. The Morgan fingerprint density at radius 2 is 2.16 bits per heavy atom. The van der Waals surface area contributed by atoms with Crippen LogP contribution in [0.25, 0.3) is 0 Å². The van der Waals surface area contributed by atoms with E-state index >= 15 is 0 Å². The van der Waals surface area contributed by atoms with Crippen LogP contribution in [-0.4, -0.2) is 34.8 Å². The molecule has 0 radical (unpaired) electrons. The number of hydrogen-bond acceptors (Lipinski definition) is 3. The Hall–Kier alpha value is -0.740. The molecule has 0 bridgehead atoms. The van der Waals surface area contributed by atoms with Crippen molar-refractivity contribution in [1.82, 2.24) is 5.32 Å². The van der Waals surface area contributed by atoms with Gasteiger partial charge in [0, 0.05) is 0 Å². The van der Waals surface area contributed by atoms with Crippen molar-refractivity contribution >= 4 is 13.4 Å². The van der Waals surface area contributed by atoms with Crippen LogP contribution in [0.3, 0.4) is 0 Å². The average Bonchev–Trinajstić information content (AvgIpc) is 2.25. The second-order valence-corrected chi connectivity index (χ2v) is 6.78. The number of allylic oxidation sites excluding steroid dienone is 4. The molecule has 3 atom stereocenters. The molecule has 0 aliphatic heterocycles. The van der Waals surface area contributed by atoms with Gasteiger partial charge in [-0.3, -0.25) is 9.36 Å². The summed E-state index contributed by atoms with van der Waals surface area (Å²) in [5, 5.41) is 2.99. The average molecular weight is 287 g/mol. The standard InChI is InChI=1S/C13H22NO4P/c1-9-6-11(8-19(16,17)18)4-5-12(9)7-13(14-3)10(2)15/h4-6,9,12-14H,7-8H2,1-3H3,(H2,16,17,18)/t9?,12-,13?/m1/s1. The summed E-state index contributed by atoms with van der Waals surface area (Å²) in [5.41, 5.74) is 0.668. The second-order valence-electron chi connectivity index (χ2n) is 5.13. The van der Waals surface area contributed by atoms with Crippen LogP contribution in [0.4, 0.5) is 0 Å². The number of rotatable bonds is 6. The summed E-state index contributed by atoms with van der Waals surface area (Å²) in [6.45, 7) is 3.56. The van der Waals surface area contributed by atoms with Crippen molar-refractivity contribution in [3.05, 3.63) is 23.8 Å². The first-order valence-corrected chi connectivity index (χ1v) is 8.14. The van der Waals surface area contributed by atoms with Crippen LogP contribution in [0.5, 0.6) is 0 Å². The second kappa shape index (κ2) is 6.62. The Morgan fingerprint density at radius 3 is 2.58 bits per heavy atom. The lowest BCUT2D eigenvalue weighted by atomic mass is 9.82. The van der Waals surface area contributed by atoms with Crippen LogP contribution in [0, 0.1) is 11.8 Å². The lowest BCUT2D eigenvalue weighted by Gasteiger charge is -2.26. The van der Waals surface area contributed by atoms with Gasteiger partial charge in [-0.2, -0.15) is 0 Å². The molecule has 1 aliphatic rings. The van der Waals surface area contributed by atoms with E-state index in [2.05, 4.69) is 5.32 Å². The van der Waals surface area contributed by atoms with Gasteiger partial charge in [-0.1, -0.05) is 25.2 Å². The van der Waals surface area contributed by atoms with Gasteiger partial charge in [-0.15, -0.1) is 0 Å². The fourth-order valence-corrected chi connectivity index (χ4v) is 3.02. The highest BCUT2D eigenvalue weighted by Gasteiger charge is 2.24. The summed E-state index contributed by atoms with van der Waals surface area (Å²) >= 11 is 0. The van der Waals surface area contributed by atoms with Crippen molar-refractivity contribution in [2.45, 2.75) is 26.3 Å². The molecule has 1 rings (SSSR count). The minimum atomic E-state index is -4.02. The highest BCUT2D eigenvalue weighted by atomic mass is 31.2. The van der Waals surface area contributed by atoms with Gasteiger partial charge < -0.3 is 15.1 Å². The predicted octanol–water partition coefficient (Wildman–Crippen LogP) is 1.48. The number of nitrogens with one attached hydrogen (secondary N) is 1. The first-order valence-electron chi connectivity index (χ1n) is 6.34. The zero-order valence-electron chi connectivity index (χ0n) is 11.5. The number of ketones is 1. The summed E-state index contributed by atoms with van der Waals surface area (Å²) in [6, 6.07) is -0.172. The summed E-state index contributed by atoms with van der Waals surface area (Å²) in [7, 11) is -2.25. The molecule has 0 fully saturated rings. The molecule has 0 heterocycles. The molecule has 0 saturated heterocycles. The molecule has 0 aromatic heterocycles. The number of carbonyl (C=O) groups excluding carboxylic acids is 1. The summed E-state index contributed by atoms with van der Waals surface area (Å²) in [4.78, 5) is 29.3. The van der Waals surface area contributed by atoms with E-state index in [1.807, 2.05) is 19.1 Å². The van der Waals surface area contributed by atoms with Crippen LogP contribution in [0.1, 0.15) is 20.3 Å². The monoisotopic (exact) mass is 287 g/mol. The number of likely N-dealkylation sites (N-methyl/N-ethyl adjacent to an activating group) is 1. The normalized spacial score (nSPS) is 25.0. The van der Waals surface area contributed by atoms with Crippen LogP contribution >= 0.6 is 7.60 Å². The maximum atomic E-state index is 11.4. The van der Waals surface area contributed by atoms with Gasteiger partial charge in [-0.25, -0.2) is 0 Å². The number of hydrogen-bond donors (Lipinski definition) is 3. The van der Waals surface area contributed by atoms with Gasteiger partial charge in [0.25, 0.3) is 0 Å². The molecule has 0 saturated carbocycles. The van der Waals surface area contributed by atoms with E-state index in [1.54, 1.807) is 20.0 Å². The molecule has 108 valence electrons. The third-order valence-electron chi connectivity index (χ3n) is 3.45. The van der Waals surface area contributed by atoms with Gasteiger partial charge in [0.1, 0.15) is 5.78 Å². The zero-order valence-corrected chi connectivity index (χ0v) is 12.4. The van der Waals surface area contributed by atoms with Crippen molar-refractivity contribution in [2.24, 2.45) is 11.8 Å². The quantitative estimate of drug-likeness (QED) is 0.644. The predicted molar refractivity (Wildman–Crippen MR) is 74.9 cm³/mol. The molecule has 2 unspecified atom stereocenters. The Labute approximate surface area is 113 Å². The topological polar surface area (TPSA) is 86.6 Å². The van der Waals surface area contributed by atoms with Crippen molar-refractivity contribution in [1.29, 1.82) is 0 Å². The molecule has 1 aliphatic carbocycles. The van der Waals surface area contributed by atoms with E-state index in [1.165, 1.54) is 0 Å². The smallest absolute Gasteiger partial charge is 0.324 e. The summed E-state index contributed by atoms with van der Waals surface area (Å²) in [5.74, 6) is 0.483. The van der Waals surface area contributed by atoms with E-state index in [0.29, 0.717) is 12.0 Å². The first kappa shape index (κ1) is 16.3. The first-order chi connectivity index (χ1) is 8.73. The Bertz CT molecular complexity index is 438. The highest BCUT2D eigenvalue weighted by molar-refractivity contribution is 7.52. The molecule has 6 heteroatoms. The van der Waals surface area contributed by atoms with Gasteiger partial charge >= 0.3 is 7.60 Å². The van der Waals surface area contributed by atoms with Gasteiger partial charge in [0.05, 0.1) is 12.2 Å². The van der Waals surface area contributed by atoms with Gasteiger partial charge in [0.2, 0.25) is 0 Å². The van der Waals surface area contributed by atoms with Crippen LogP contribution in [0.2, 0.25) is 0 Å². The highest BCUT2D eigenvalue weighted by Crippen LogP contribution is 2.39. The minimum absolute atomic E-state index is 0.105. The lowest BCUT2D eigenvalue weighted by Crippen LogP contribution is -2.35. The van der Waals surface area contributed by atoms with Crippen LogP contribution < -0.4 is 5.32 Å². The maximum absolute atomic E-state index is 11.4. The van der Waals surface area contributed by atoms with Gasteiger partial charge in [0.15, 0.2) is 0 Å². The molecule has 5 nitrogen and oxygen atoms in total. The Balaban J connectivity index is 2.67. The SMILES string of the molecule is CNC(C[C@H]1C=CC(CP(=O)(O)O)=CC1C)C(C)=O.